The Balaban J connectivity index is 1.35. The lowest BCUT2D eigenvalue weighted by Crippen LogP contribution is -2.54. The van der Waals surface area contributed by atoms with Crippen LogP contribution in [-0.4, -0.2) is 86.2 Å². The van der Waals surface area contributed by atoms with Gasteiger partial charge in [0.1, 0.15) is 0 Å². The van der Waals surface area contributed by atoms with Crippen LogP contribution in [0.3, 0.4) is 0 Å². The number of aliphatic hydroxyl groups is 1. The molecule has 1 amide bonds. The van der Waals surface area contributed by atoms with Crippen molar-refractivity contribution >= 4 is 5.91 Å². The predicted octanol–water partition coefficient (Wildman–Crippen LogP) is -0.515. The summed E-state index contributed by atoms with van der Waals surface area (Å²) in [5.41, 5.74) is 0. The van der Waals surface area contributed by atoms with Crippen molar-refractivity contribution in [3.8, 4) is 0 Å². The smallest absolute Gasteiger partial charge is 0.222 e. The second-order valence-corrected chi connectivity index (χ2v) is 7.18. The van der Waals surface area contributed by atoms with Crippen LogP contribution in [-0.2, 0) is 14.3 Å². The Labute approximate surface area is 144 Å². The van der Waals surface area contributed by atoms with Gasteiger partial charge in [0.15, 0.2) is 0 Å². The molecular weight excluding hydrogens is 310 g/mol. The molecule has 0 unspecified atom stereocenters. The Kier molecular flexibility index (Phi) is 6.85. The first-order chi connectivity index (χ1) is 11.7. The van der Waals surface area contributed by atoms with Crippen LogP contribution in [0.25, 0.3) is 0 Å². The number of nitrogens with one attached hydrogen (secondary N) is 2. The summed E-state index contributed by atoms with van der Waals surface area (Å²) in [4.78, 5) is 14.5. The molecule has 3 saturated heterocycles. The van der Waals surface area contributed by atoms with Gasteiger partial charge in [-0.2, -0.15) is 0 Å². The minimum Gasteiger partial charge on any atom is -0.389 e. The highest BCUT2D eigenvalue weighted by atomic mass is 16.5. The maximum atomic E-state index is 12.1. The van der Waals surface area contributed by atoms with Crippen LogP contribution in [0.15, 0.2) is 0 Å². The van der Waals surface area contributed by atoms with E-state index in [1.165, 1.54) is 12.8 Å². The van der Waals surface area contributed by atoms with Gasteiger partial charge in [0.25, 0.3) is 0 Å². The number of rotatable bonds is 5. The van der Waals surface area contributed by atoms with E-state index in [4.69, 9.17) is 9.47 Å². The molecule has 24 heavy (non-hydrogen) atoms. The SMILES string of the molecule is O=C(C[C@H]1CC[C@@H]2NC[C@H](O)COC[C@H]2O1)NCCN1CCCC1. The quantitative estimate of drug-likeness (QED) is 0.625. The van der Waals surface area contributed by atoms with E-state index >= 15 is 0 Å². The molecule has 7 nitrogen and oxygen atoms in total. The van der Waals surface area contributed by atoms with E-state index in [9.17, 15) is 9.90 Å². The molecule has 0 spiro atoms. The lowest BCUT2D eigenvalue weighted by Gasteiger charge is -2.38. The molecule has 0 aromatic rings. The van der Waals surface area contributed by atoms with E-state index in [2.05, 4.69) is 15.5 Å². The van der Waals surface area contributed by atoms with Gasteiger partial charge in [-0.1, -0.05) is 0 Å². The maximum Gasteiger partial charge on any atom is 0.222 e. The molecule has 0 aliphatic carbocycles. The summed E-state index contributed by atoms with van der Waals surface area (Å²) < 4.78 is 11.6. The van der Waals surface area contributed by atoms with E-state index < -0.39 is 6.10 Å². The van der Waals surface area contributed by atoms with Gasteiger partial charge in [0, 0.05) is 25.7 Å². The summed E-state index contributed by atoms with van der Waals surface area (Å²) in [6.45, 7) is 5.33. The van der Waals surface area contributed by atoms with E-state index in [0.29, 0.717) is 26.2 Å². The molecule has 0 radical (unpaired) electrons. The molecular formula is C17H31N3O4. The molecule has 0 aromatic heterocycles. The Bertz CT molecular complexity index is 403. The summed E-state index contributed by atoms with van der Waals surface area (Å²) in [7, 11) is 0. The summed E-state index contributed by atoms with van der Waals surface area (Å²) in [5.74, 6) is 0.0767. The van der Waals surface area contributed by atoms with Crippen LogP contribution in [0.5, 0.6) is 0 Å². The molecule has 3 N–H and O–H groups in total. The number of nitrogens with zero attached hydrogens (tertiary/aromatic N) is 1. The van der Waals surface area contributed by atoms with Gasteiger partial charge >= 0.3 is 0 Å². The average molecular weight is 341 g/mol. The van der Waals surface area contributed by atoms with Crippen molar-refractivity contribution in [2.45, 2.75) is 56.5 Å². The Morgan fingerprint density at radius 2 is 2.08 bits per heavy atom. The molecule has 7 heteroatoms. The first-order valence-electron chi connectivity index (χ1n) is 9.34. The van der Waals surface area contributed by atoms with Gasteiger partial charge in [-0.05, 0) is 38.8 Å². The van der Waals surface area contributed by atoms with E-state index in [1.807, 2.05) is 0 Å². The van der Waals surface area contributed by atoms with Gasteiger partial charge < -0.3 is 30.1 Å². The number of hydrogen-bond acceptors (Lipinski definition) is 6. The predicted molar refractivity (Wildman–Crippen MR) is 89.8 cm³/mol. The number of carbonyl (C=O) groups excluding carboxylic acids is 1. The van der Waals surface area contributed by atoms with Gasteiger partial charge in [-0.3, -0.25) is 4.79 Å². The largest absolute Gasteiger partial charge is 0.389 e. The minimum atomic E-state index is -0.454. The molecule has 3 aliphatic rings. The fourth-order valence-electron chi connectivity index (χ4n) is 3.81. The molecule has 3 rings (SSSR count). The molecule has 0 saturated carbocycles. The van der Waals surface area contributed by atoms with Crippen molar-refractivity contribution in [3.63, 3.8) is 0 Å². The van der Waals surface area contributed by atoms with Crippen LogP contribution in [0.1, 0.15) is 32.1 Å². The van der Waals surface area contributed by atoms with E-state index in [0.717, 1.165) is 39.0 Å². The van der Waals surface area contributed by atoms with Crippen molar-refractivity contribution < 1.29 is 19.4 Å². The van der Waals surface area contributed by atoms with E-state index in [-0.39, 0.29) is 24.2 Å². The van der Waals surface area contributed by atoms with Crippen LogP contribution in [0.4, 0.5) is 0 Å². The summed E-state index contributed by atoms with van der Waals surface area (Å²) in [5, 5.41) is 16.0. The third-order valence-electron chi connectivity index (χ3n) is 5.19. The Morgan fingerprint density at radius 1 is 1.25 bits per heavy atom. The third kappa shape index (κ3) is 5.39. The molecule has 4 atom stereocenters. The second-order valence-electron chi connectivity index (χ2n) is 7.18. The van der Waals surface area contributed by atoms with Crippen molar-refractivity contribution in [3.05, 3.63) is 0 Å². The normalized spacial score (nSPS) is 35.0. The van der Waals surface area contributed by atoms with Crippen molar-refractivity contribution in [1.82, 2.24) is 15.5 Å². The zero-order valence-corrected chi connectivity index (χ0v) is 14.4. The number of amides is 1. The highest BCUT2D eigenvalue weighted by Gasteiger charge is 2.33. The zero-order chi connectivity index (χ0) is 16.8. The van der Waals surface area contributed by atoms with Gasteiger partial charge in [0.2, 0.25) is 5.91 Å². The van der Waals surface area contributed by atoms with Crippen LogP contribution < -0.4 is 10.6 Å². The topological polar surface area (TPSA) is 83.1 Å². The van der Waals surface area contributed by atoms with Crippen LogP contribution in [0.2, 0.25) is 0 Å². The third-order valence-corrected chi connectivity index (χ3v) is 5.19. The number of aliphatic hydroxyl groups excluding tert-OH is 1. The highest BCUT2D eigenvalue weighted by Crippen LogP contribution is 2.23. The molecule has 0 bridgehead atoms. The molecule has 3 fully saturated rings. The Morgan fingerprint density at radius 3 is 2.92 bits per heavy atom. The lowest BCUT2D eigenvalue weighted by molar-refractivity contribution is -0.137. The van der Waals surface area contributed by atoms with Crippen molar-refractivity contribution in [2.75, 3.05) is 45.9 Å². The molecule has 3 aliphatic heterocycles. The molecule has 0 aromatic carbocycles. The monoisotopic (exact) mass is 341 g/mol. The summed E-state index contributed by atoms with van der Waals surface area (Å²) in [6.07, 6.45) is 4.27. The lowest BCUT2D eigenvalue weighted by atomic mass is 9.96. The molecule has 138 valence electrons. The number of ether oxygens (including phenoxy) is 2. The molecule has 3 heterocycles. The number of likely N-dealkylation sites (tertiary alicyclic amines) is 1. The minimum absolute atomic E-state index is 0.0337. The van der Waals surface area contributed by atoms with Gasteiger partial charge in [-0.15, -0.1) is 0 Å². The Hall–Kier alpha value is -0.730. The summed E-state index contributed by atoms with van der Waals surface area (Å²) >= 11 is 0. The fourth-order valence-corrected chi connectivity index (χ4v) is 3.81. The first kappa shape index (κ1) is 18.1. The second kappa shape index (κ2) is 9.10. The summed E-state index contributed by atoms with van der Waals surface area (Å²) in [6, 6.07) is 0.203. The fraction of sp³-hybridized carbons (Fsp3) is 0.941. The number of fused-ring (bicyclic) bond motifs is 1. The van der Waals surface area contributed by atoms with Gasteiger partial charge in [-0.25, -0.2) is 0 Å². The van der Waals surface area contributed by atoms with Crippen molar-refractivity contribution in [2.24, 2.45) is 0 Å². The number of hydrogen-bond donors (Lipinski definition) is 3. The van der Waals surface area contributed by atoms with Crippen LogP contribution in [0, 0.1) is 0 Å². The first-order valence-corrected chi connectivity index (χ1v) is 9.34. The zero-order valence-electron chi connectivity index (χ0n) is 14.4. The average Bonchev–Trinajstić information content (AvgIpc) is 3.05. The number of carbonyl (C=O) groups is 1. The standard InChI is InChI=1S/C17H31N3O4/c21-13-10-19-15-4-3-14(24-16(15)12-23-11-13)9-17(22)18-5-8-20-6-1-2-7-20/h13-16,19,21H,1-12H2,(H,18,22)/t13-,14+,15-,16+/m0/s1. The number of β-amino-alcohol motifs (C(OH)–C–C–N with tert-alkyl or cyclic N) is 1. The highest BCUT2D eigenvalue weighted by molar-refractivity contribution is 5.76. The maximum absolute atomic E-state index is 12.1. The van der Waals surface area contributed by atoms with E-state index in [1.54, 1.807) is 0 Å². The van der Waals surface area contributed by atoms with Crippen LogP contribution >= 0.6 is 0 Å². The van der Waals surface area contributed by atoms with Crippen molar-refractivity contribution in [1.29, 1.82) is 0 Å². The van der Waals surface area contributed by atoms with Gasteiger partial charge in [0.05, 0.1) is 37.9 Å².